The van der Waals surface area contributed by atoms with Gasteiger partial charge in [0.05, 0.1) is 11.1 Å². The topological polar surface area (TPSA) is 61.9 Å². The highest BCUT2D eigenvalue weighted by Gasteiger charge is 2.26. The van der Waals surface area contributed by atoms with Crippen LogP contribution in [0.5, 0.6) is 0 Å². The first-order valence-electron chi connectivity index (χ1n) is 8.37. The monoisotopic (exact) mass is 320 g/mol. The Balaban J connectivity index is 1.57. The van der Waals surface area contributed by atoms with Crippen LogP contribution in [-0.4, -0.2) is 39.1 Å². The largest absolute Gasteiger partial charge is 0.339 e. The summed E-state index contributed by atoms with van der Waals surface area (Å²) in [7, 11) is 0. The van der Waals surface area contributed by atoms with Crippen molar-refractivity contribution >= 4 is 16.8 Å². The maximum Gasteiger partial charge on any atom is 0.254 e. The number of aromatic nitrogens is 3. The third-order valence-electron chi connectivity index (χ3n) is 4.82. The number of H-pyrrole nitrogens is 1. The van der Waals surface area contributed by atoms with Gasteiger partial charge < -0.3 is 4.90 Å². The molecule has 122 valence electrons. The van der Waals surface area contributed by atoms with Crippen molar-refractivity contribution in [2.24, 2.45) is 0 Å². The Morgan fingerprint density at radius 3 is 2.75 bits per heavy atom. The molecule has 0 saturated carbocycles. The smallest absolute Gasteiger partial charge is 0.254 e. The Morgan fingerprint density at radius 2 is 2.00 bits per heavy atom. The molecule has 4 rings (SSSR count). The van der Waals surface area contributed by atoms with Crippen LogP contribution in [0.1, 0.15) is 40.5 Å². The van der Waals surface area contributed by atoms with Gasteiger partial charge in [0.2, 0.25) is 0 Å². The quantitative estimate of drug-likeness (QED) is 0.788. The lowest BCUT2D eigenvalue weighted by atomic mass is 9.93. The molecular weight excluding hydrogens is 300 g/mol. The van der Waals surface area contributed by atoms with E-state index >= 15 is 0 Å². The number of nitrogens with one attached hydrogen (secondary N) is 1. The van der Waals surface area contributed by atoms with Crippen LogP contribution in [0.25, 0.3) is 10.9 Å². The molecule has 3 aromatic rings. The second-order valence-electron chi connectivity index (χ2n) is 6.41. The van der Waals surface area contributed by atoms with Gasteiger partial charge in [-0.1, -0.05) is 18.2 Å². The van der Waals surface area contributed by atoms with E-state index in [2.05, 4.69) is 15.2 Å². The fourth-order valence-corrected chi connectivity index (χ4v) is 3.54. The summed E-state index contributed by atoms with van der Waals surface area (Å²) < 4.78 is 0. The molecule has 5 nitrogen and oxygen atoms in total. The molecule has 0 atom stereocenters. The highest BCUT2D eigenvalue weighted by Crippen LogP contribution is 2.28. The second-order valence-corrected chi connectivity index (χ2v) is 6.41. The Kier molecular flexibility index (Phi) is 3.76. The highest BCUT2D eigenvalue weighted by molar-refractivity contribution is 6.06. The van der Waals surface area contributed by atoms with Crippen molar-refractivity contribution in [1.82, 2.24) is 20.1 Å². The van der Waals surface area contributed by atoms with Gasteiger partial charge in [0.1, 0.15) is 0 Å². The first-order chi connectivity index (χ1) is 11.7. The van der Waals surface area contributed by atoms with Gasteiger partial charge in [0.25, 0.3) is 5.91 Å². The predicted molar refractivity (Wildman–Crippen MR) is 92.9 cm³/mol. The summed E-state index contributed by atoms with van der Waals surface area (Å²) >= 11 is 0. The number of carbonyl (C=O) groups excluding carboxylic acids is 1. The minimum atomic E-state index is 0.111. The van der Waals surface area contributed by atoms with E-state index in [1.54, 1.807) is 6.20 Å². The normalized spacial score (nSPS) is 15.8. The zero-order chi connectivity index (χ0) is 16.5. The number of nitrogens with zero attached hydrogens (tertiary/aromatic N) is 3. The molecule has 1 fully saturated rings. The molecular formula is C19H20N4O. The molecule has 0 radical (unpaired) electrons. The minimum absolute atomic E-state index is 0.111. The fraction of sp³-hybridized carbons (Fsp3) is 0.316. The number of aryl methyl sites for hydroxylation is 1. The Bertz CT molecular complexity index is 864. The summed E-state index contributed by atoms with van der Waals surface area (Å²) in [5, 5.41) is 8.02. The summed E-state index contributed by atoms with van der Waals surface area (Å²) in [5.41, 5.74) is 3.70. The van der Waals surface area contributed by atoms with Gasteiger partial charge in [0.15, 0.2) is 0 Å². The lowest BCUT2D eigenvalue weighted by molar-refractivity contribution is 0.0714. The molecule has 0 aliphatic carbocycles. The van der Waals surface area contributed by atoms with Crippen molar-refractivity contribution in [3.63, 3.8) is 0 Å². The number of fused-ring (bicyclic) bond motifs is 1. The van der Waals surface area contributed by atoms with Crippen molar-refractivity contribution in [3.8, 4) is 0 Å². The number of aromatic amines is 1. The van der Waals surface area contributed by atoms with Gasteiger partial charge in [-0.25, -0.2) is 0 Å². The number of amides is 1. The summed E-state index contributed by atoms with van der Waals surface area (Å²) in [5.74, 6) is 0.576. The fourth-order valence-electron chi connectivity index (χ4n) is 3.54. The van der Waals surface area contributed by atoms with Gasteiger partial charge in [-0.15, -0.1) is 0 Å². The number of piperidine rings is 1. The van der Waals surface area contributed by atoms with Crippen LogP contribution in [0, 0.1) is 6.92 Å². The average Bonchev–Trinajstić information content (AvgIpc) is 3.15. The standard InChI is InChI=1S/C19H20N4O/c1-13-12-16(15-4-2-3-5-18(15)21-13)19(24)23-10-7-14(8-11-23)17-6-9-20-22-17/h2-6,9,12,14H,7-8,10-11H2,1H3,(H,20,22). The summed E-state index contributed by atoms with van der Waals surface area (Å²) in [4.78, 5) is 19.5. The van der Waals surface area contributed by atoms with Crippen LogP contribution in [0.15, 0.2) is 42.6 Å². The number of benzene rings is 1. The molecule has 1 aliphatic rings. The number of pyridine rings is 1. The first kappa shape index (κ1) is 14.9. The van der Waals surface area contributed by atoms with Crippen molar-refractivity contribution in [2.45, 2.75) is 25.7 Å². The maximum atomic E-state index is 13.0. The van der Waals surface area contributed by atoms with Crippen LogP contribution in [0.2, 0.25) is 0 Å². The van der Waals surface area contributed by atoms with E-state index in [1.165, 1.54) is 5.69 Å². The van der Waals surface area contributed by atoms with E-state index in [1.807, 2.05) is 48.2 Å². The molecule has 1 N–H and O–H groups in total. The Labute approximate surface area is 140 Å². The number of hydrogen-bond donors (Lipinski definition) is 1. The number of para-hydroxylation sites is 1. The first-order valence-corrected chi connectivity index (χ1v) is 8.37. The van der Waals surface area contributed by atoms with Crippen molar-refractivity contribution in [1.29, 1.82) is 0 Å². The summed E-state index contributed by atoms with van der Waals surface area (Å²) in [6, 6.07) is 11.8. The molecule has 0 unspecified atom stereocenters. The van der Waals surface area contributed by atoms with Gasteiger partial charge >= 0.3 is 0 Å². The van der Waals surface area contributed by atoms with Gasteiger partial charge in [-0.3, -0.25) is 14.9 Å². The minimum Gasteiger partial charge on any atom is -0.339 e. The molecule has 1 aliphatic heterocycles. The predicted octanol–water partition coefficient (Wildman–Crippen LogP) is 3.29. The van der Waals surface area contributed by atoms with Crippen molar-refractivity contribution in [3.05, 3.63) is 59.5 Å². The second kappa shape index (κ2) is 6.07. The van der Waals surface area contributed by atoms with Crippen LogP contribution < -0.4 is 0 Å². The van der Waals surface area contributed by atoms with E-state index < -0.39 is 0 Å². The van der Waals surface area contributed by atoms with E-state index in [4.69, 9.17) is 0 Å². The third kappa shape index (κ3) is 2.66. The molecule has 1 amide bonds. The van der Waals surface area contributed by atoms with Crippen LogP contribution in [-0.2, 0) is 0 Å². The van der Waals surface area contributed by atoms with E-state index in [-0.39, 0.29) is 5.91 Å². The molecule has 0 spiro atoms. The van der Waals surface area contributed by atoms with E-state index in [9.17, 15) is 4.79 Å². The molecule has 2 aromatic heterocycles. The zero-order valence-electron chi connectivity index (χ0n) is 13.7. The number of hydrogen-bond acceptors (Lipinski definition) is 3. The zero-order valence-corrected chi connectivity index (χ0v) is 13.7. The van der Waals surface area contributed by atoms with Gasteiger partial charge in [0, 0.05) is 42.0 Å². The van der Waals surface area contributed by atoms with Crippen LogP contribution >= 0.6 is 0 Å². The molecule has 3 heterocycles. The Hall–Kier alpha value is -2.69. The SMILES string of the molecule is Cc1cc(C(=O)N2CCC(c3ccn[nH]3)CC2)c2ccccc2n1. The highest BCUT2D eigenvalue weighted by atomic mass is 16.2. The molecule has 5 heteroatoms. The van der Waals surface area contributed by atoms with Crippen molar-refractivity contribution < 1.29 is 4.79 Å². The maximum absolute atomic E-state index is 13.0. The molecule has 24 heavy (non-hydrogen) atoms. The summed E-state index contributed by atoms with van der Waals surface area (Å²) in [6.45, 7) is 3.49. The molecule has 1 aromatic carbocycles. The van der Waals surface area contributed by atoms with Gasteiger partial charge in [-0.2, -0.15) is 5.10 Å². The lowest BCUT2D eigenvalue weighted by Gasteiger charge is -2.31. The third-order valence-corrected chi connectivity index (χ3v) is 4.82. The lowest BCUT2D eigenvalue weighted by Crippen LogP contribution is -2.38. The average molecular weight is 320 g/mol. The Morgan fingerprint density at radius 1 is 1.21 bits per heavy atom. The van der Waals surface area contributed by atoms with Crippen LogP contribution in [0.4, 0.5) is 0 Å². The number of carbonyl (C=O) groups is 1. The molecule has 0 bridgehead atoms. The molecule has 1 saturated heterocycles. The van der Waals surface area contributed by atoms with Crippen molar-refractivity contribution in [2.75, 3.05) is 13.1 Å². The van der Waals surface area contributed by atoms with Gasteiger partial charge in [-0.05, 0) is 38.0 Å². The summed E-state index contributed by atoms with van der Waals surface area (Å²) in [6.07, 6.45) is 3.73. The number of likely N-dealkylation sites (tertiary alicyclic amines) is 1. The van der Waals surface area contributed by atoms with E-state index in [0.717, 1.165) is 48.1 Å². The number of rotatable bonds is 2. The van der Waals surface area contributed by atoms with Crippen LogP contribution in [0.3, 0.4) is 0 Å². The van der Waals surface area contributed by atoms with E-state index in [0.29, 0.717) is 5.92 Å².